The number of ketones is 1. The van der Waals surface area contributed by atoms with Crippen molar-refractivity contribution in [1.29, 1.82) is 0 Å². The van der Waals surface area contributed by atoms with E-state index < -0.39 is 24.1 Å². The van der Waals surface area contributed by atoms with Gasteiger partial charge in [-0.3, -0.25) is 4.79 Å². The number of carbonyl (C=O) groups is 2. The molecule has 6 nitrogen and oxygen atoms in total. The van der Waals surface area contributed by atoms with Crippen molar-refractivity contribution in [1.82, 2.24) is 4.31 Å². The summed E-state index contributed by atoms with van der Waals surface area (Å²) in [5.41, 5.74) is 4.44. The Morgan fingerprint density at radius 3 is 2.13 bits per heavy atom. The van der Waals surface area contributed by atoms with Gasteiger partial charge in [0.1, 0.15) is 0 Å². The third kappa shape index (κ3) is 6.13. The Labute approximate surface area is 235 Å². The van der Waals surface area contributed by atoms with Gasteiger partial charge in [0.15, 0.2) is 5.78 Å². The van der Waals surface area contributed by atoms with Crippen LogP contribution < -0.4 is 5.19 Å². The number of nitrogens with zero attached hydrogens (tertiary/aromatic N) is 1. The fourth-order valence-electron chi connectivity index (χ4n) is 5.73. The summed E-state index contributed by atoms with van der Waals surface area (Å²) in [5.74, 6) is -0.385. The predicted octanol–water partition coefficient (Wildman–Crippen LogP) is 6.06. The fraction of sp³-hybridized carbons (Fsp3) is 0.484. The summed E-state index contributed by atoms with van der Waals surface area (Å²) in [7, 11) is -4.54. The molecule has 8 heteroatoms. The molecule has 0 radical (unpaired) electrons. The lowest BCUT2D eigenvalue weighted by Gasteiger charge is -2.32. The molecule has 0 N–H and O–H groups in total. The summed E-state index contributed by atoms with van der Waals surface area (Å²) < 4.78 is 34.2. The lowest BCUT2D eigenvalue weighted by molar-refractivity contribution is -0.115. The number of ether oxygens (including phenoxy) is 1. The molecule has 0 amide bonds. The quantitative estimate of drug-likeness (QED) is 0.166. The van der Waals surface area contributed by atoms with E-state index in [-0.39, 0.29) is 23.8 Å². The number of unbranched alkanes of at least 4 members (excludes halogenated alkanes) is 1. The molecule has 1 aliphatic heterocycles. The zero-order valence-corrected chi connectivity index (χ0v) is 26.2. The number of esters is 1. The fourth-order valence-corrected chi connectivity index (χ4v) is 11.0. The molecule has 0 atom stereocenters. The number of methoxy groups -OCH3 is 1. The minimum Gasteiger partial charge on any atom is -0.465 e. The lowest BCUT2D eigenvalue weighted by atomic mass is 9.92. The number of fused-ring (bicyclic) bond motifs is 1. The molecule has 0 spiro atoms. The highest BCUT2D eigenvalue weighted by Crippen LogP contribution is 2.36. The maximum absolute atomic E-state index is 13.7. The van der Waals surface area contributed by atoms with Crippen LogP contribution in [0.2, 0.25) is 18.1 Å². The monoisotopic (exact) mass is 569 g/mol. The normalized spacial score (nSPS) is 13.8. The molecule has 0 saturated carbocycles. The Bertz CT molecular complexity index is 1340. The lowest BCUT2D eigenvalue weighted by Crippen LogP contribution is -2.49. The van der Waals surface area contributed by atoms with Gasteiger partial charge in [-0.15, -0.1) is 0 Å². The Balaban J connectivity index is 2.23. The van der Waals surface area contributed by atoms with Gasteiger partial charge in [0.25, 0.3) is 0 Å². The summed E-state index contributed by atoms with van der Waals surface area (Å²) in [6.07, 6.45) is 2.54. The maximum Gasteiger partial charge on any atom is 0.338 e. The summed E-state index contributed by atoms with van der Waals surface area (Å²) >= 11 is 0. The van der Waals surface area contributed by atoms with E-state index in [1.54, 1.807) is 24.3 Å². The third-order valence-corrected chi connectivity index (χ3v) is 15.9. The summed E-state index contributed by atoms with van der Waals surface area (Å²) in [4.78, 5) is 26.4. The van der Waals surface area contributed by atoms with E-state index in [1.807, 2.05) is 13.8 Å². The van der Waals surface area contributed by atoms with Gasteiger partial charge in [-0.05, 0) is 52.9 Å². The van der Waals surface area contributed by atoms with Crippen molar-refractivity contribution in [3.8, 4) is 0 Å². The van der Waals surface area contributed by atoms with E-state index in [1.165, 1.54) is 11.4 Å². The average molecular weight is 570 g/mol. The van der Waals surface area contributed by atoms with Crippen LogP contribution in [0, 0.1) is 6.92 Å². The molecule has 0 fully saturated rings. The van der Waals surface area contributed by atoms with E-state index >= 15 is 0 Å². The molecule has 0 unspecified atom stereocenters. The van der Waals surface area contributed by atoms with Crippen molar-refractivity contribution in [2.24, 2.45) is 0 Å². The highest BCUT2D eigenvalue weighted by molar-refractivity contribution is 7.89. The zero-order chi connectivity index (χ0) is 29.0. The van der Waals surface area contributed by atoms with Gasteiger partial charge in [-0.1, -0.05) is 82.6 Å². The van der Waals surface area contributed by atoms with E-state index in [4.69, 9.17) is 4.74 Å². The summed E-state index contributed by atoms with van der Waals surface area (Å²) in [6, 6.07) is 11.8. The van der Waals surface area contributed by atoms with Crippen molar-refractivity contribution in [2.75, 3.05) is 7.11 Å². The number of allylic oxidation sites excluding steroid dienone is 1. The van der Waals surface area contributed by atoms with Gasteiger partial charge in [0.05, 0.1) is 25.6 Å². The molecule has 3 rings (SSSR count). The SMILES string of the molecule is C=C(Cc1cc([Si](CC)(CC)CC)c(C(=O)OC)c2c1CN(S(=O)(=O)c1ccc(C)cc1)C2)C(=O)CCCC. The van der Waals surface area contributed by atoms with Crippen LogP contribution in [0.5, 0.6) is 0 Å². The zero-order valence-electron chi connectivity index (χ0n) is 24.4. The number of Topliss-reactive ketones (excluding diaryl/α,β-unsaturated/α-hetero) is 1. The van der Waals surface area contributed by atoms with Gasteiger partial charge in [0, 0.05) is 25.9 Å². The first-order valence-corrected chi connectivity index (χ1v) is 18.1. The molecule has 39 heavy (non-hydrogen) atoms. The van der Waals surface area contributed by atoms with Gasteiger partial charge < -0.3 is 4.74 Å². The second kappa shape index (κ2) is 12.7. The smallest absolute Gasteiger partial charge is 0.338 e. The second-order valence-corrected chi connectivity index (χ2v) is 17.8. The van der Waals surface area contributed by atoms with Crippen LogP contribution in [-0.2, 0) is 39.1 Å². The van der Waals surface area contributed by atoms with E-state index in [2.05, 4.69) is 33.4 Å². The van der Waals surface area contributed by atoms with Gasteiger partial charge in [0.2, 0.25) is 10.0 Å². The maximum atomic E-state index is 13.7. The average Bonchev–Trinajstić information content (AvgIpc) is 3.39. The number of rotatable bonds is 13. The van der Waals surface area contributed by atoms with Crippen molar-refractivity contribution in [3.63, 3.8) is 0 Å². The predicted molar refractivity (Wildman–Crippen MR) is 160 cm³/mol. The van der Waals surface area contributed by atoms with Crippen LogP contribution in [-0.4, -0.2) is 39.7 Å². The van der Waals surface area contributed by atoms with E-state index in [9.17, 15) is 18.0 Å². The van der Waals surface area contributed by atoms with E-state index in [0.29, 0.717) is 29.5 Å². The molecule has 0 bridgehead atoms. The van der Waals surface area contributed by atoms with Crippen LogP contribution >= 0.6 is 0 Å². The highest BCUT2D eigenvalue weighted by Gasteiger charge is 2.41. The topological polar surface area (TPSA) is 80.8 Å². The number of hydrogen-bond acceptors (Lipinski definition) is 5. The molecule has 0 aliphatic carbocycles. The van der Waals surface area contributed by atoms with Crippen molar-refractivity contribution < 1.29 is 22.7 Å². The third-order valence-electron chi connectivity index (χ3n) is 8.52. The number of carbonyl (C=O) groups excluding carboxylic acids is 2. The number of aryl methyl sites for hydroxylation is 1. The molecule has 0 aromatic heterocycles. The molecule has 2 aromatic carbocycles. The van der Waals surface area contributed by atoms with Crippen LogP contribution in [0.3, 0.4) is 0 Å². The molecule has 212 valence electrons. The van der Waals surface area contributed by atoms with Crippen molar-refractivity contribution in [2.45, 2.75) is 96.4 Å². The van der Waals surface area contributed by atoms with E-state index in [0.717, 1.165) is 52.9 Å². The Morgan fingerprint density at radius 1 is 1.00 bits per heavy atom. The largest absolute Gasteiger partial charge is 0.465 e. The number of sulfonamides is 1. The Kier molecular flexibility index (Phi) is 10.1. The summed E-state index contributed by atoms with van der Waals surface area (Å²) in [5, 5.41) is 1.01. The van der Waals surface area contributed by atoms with Crippen LogP contribution in [0.4, 0.5) is 0 Å². The van der Waals surface area contributed by atoms with Crippen molar-refractivity contribution >= 4 is 35.0 Å². The highest BCUT2D eigenvalue weighted by atomic mass is 32.2. The first-order chi connectivity index (χ1) is 18.5. The molecular formula is C31H43NO5SSi. The molecular weight excluding hydrogens is 526 g/mol. The number of benzene rings is 2. The van der Waals surface area contributed by atoms with Crippen LogP contribution in [0.15, 0.2) is 47.4 Å². The standard InChI is InChI=1S/C31H43NO5SSi/c1-8-12-13-28(33)23(6)18-24-19-29(39(9-2,10-3)11-4)30(31(34)37-7)27-21-32(20-26(24)27)38(35,36)25-16-14-22(5)15-17-25/h14-17,19H,6,8-13,18,20-21H2,1-5,7H3. The summed E-state index contributed by atoms with van der Waals surface area (Å²) in [6.45, 7) is 14.8. The first kappa shape index (κ1) is 31.0. The number of hydrogen-bond donors (Lipinski definition) is 0. The van der Waals surface area contributed by atoms with Crippen LogP contribution in [0.1, 0.15) is 79.6 Å². The van der Waals surface area contributed by atoms with Crippen molar-refractivity contribution in [3.05, 3.63) is 70.3 Å². The van der Waals surface area contributed by atoms with Gasteiger partial charge in [-0.2, -0.15) is 4.31 Å². The molecule has 2 aromatic rings. The van der Waals surface area contributed by atoms with Crippen LogP contribution in [0.25, 0.3) is 0 Å². The second-order valence-electron chi connectivity index (χ2n) is 10.6. The minimum absolute atomic E-state index is 0.0382. The molecule has 1 aliphatic rings. The molecule has 1 heterocycles. The Morgan fingerprint density at radius 2 is 1.59 bits per heavy atom. The first-order valence-electron chi connectivity index (χ1n) is 14.0. The Hall–Kier alpha value is -2.55. The van der Waals surface area contributed by atoms with Gasteiger partial charge >= 0.3 is 5.97 Å². The minimum atomic E-state index is -3.81. The van der Waals surface area contributed by atoms with Gasteiger partial charge in [-0.25, -0.2) is 13.2 Å². The molecule has 0 saturated heterocycles.